The number of sulfonamides is 1. The molecule has 0 saturated carbocycles. The lowest BCUT2D eigenvalue weighted by Gasteiger charge is -2.13. The first-order valence-electron chi connectivity index (χ1n) is 7.29. The molecule has 2 aromatic carbocycles. The molecule has 0 aromatic heterocycles. The molecule has 0 aliphatic heterocycles. The summed E-state index contributed by atoms with van der Waals surface area (Å²) >= 11 is 0. The van der Waals surface area contributed by atoms with Crippen molar-refractivity contribution in [3.8, 4) is 5.75 Å². The van der Waals surface area contributed by atoms with E-state index in [1.807, 2.05) is 24.3 Å². The van der Waals surface area contributed by atoms with Crippen LogP contribution in [0.5, 0.6) is 5.75 Å². The summed E-state index contributed by atoms with van der Waals surface area (Å²) in [4.78, 5) is 12.4. The summed E-state index contributed by atoms with van der Waals surface area (Å²) in [5.41, 5.74) is 2.23. The Labute approximate surface area is 141 Å². The van der Waals surface area contributed by atoms with E-state index in [4.69, 9.17) is 4.74 Å². The number of carbonyl (C=O) groups excluding carboxylic acids is 1. The maximum Gasteiger partial charge on any atom is 0.251 e. The fourth-order valence-electron chi connectivity index (χ4n) is 2.31. The van der Waals surface area contributed by atoms with Crippen LogP contribution in [-0.4, -0.2) is 27.7 Å². The first-order valence-corrected chi connectivity index (χ1v) is 9.18. The molecule has 0 spiro atoms. The van der Waals surface area contributed by atoms with Crippen molar-refractivity contribution in [2.45, 2.75) is 13.5 Å². The fraction of sp³-hybridized carbons (Fsp3) is 0.235. The van der Waals surface area contributed by atoms with Crippen molar-refractivity contribution in [1.82, 2.24) is 5.32 Å². The van der Waals surface area contributed by atoms with Crippen LogP contribution in [0.25, 0.3) is 0 Å². The van der Waals surface area contributed by atoms with E-state index in [1.54, 1.807) is 32.2 Å². The van der Waals surface area contributed by atoms with Gasteiger partial charge in [-0.1, -0.05) is 24.3 Å². The quantitative estimate of drug-likeness (QED) is 0.839. The number of nitrogens with one attached hydrogen (secondary N) is 2. The summed E-state index contributed by atoms with van der Waals surface area (Å²) in [5.74, 6) is 0.414. The summed E-state index contributed by atoms with van der Waals surface area (Å²) in [6.07, 6.45) is 1.07. The number of methoxy groups -OCH3 is 1. The number of carbonyl (C=O) groups is 1. The predicted octanol–water partition coefficient (Wildman–Crippen LogP) is 2.31. The Balaban J connectivity index is 2.17. The molecule has 24 heavy (non-hydrogen) atoms. The van der Waals surface area contributed by atoms with Gasteiger partial charge in [0.1, 0.15) is 5.75 Å². The highest BCUT2D eigenvalue weighted by Gasteiger charge is 2.14. The Bertz CT molecular complexity index is 847. The topological polar surface area (TPSA) is 84.5 Å². The maximum atomic E-state index is 12.4. The average Bonchev–Trinajstić information content (AvgIpc) is 2.53. The van der Waals surface area contributed by atoms with E-state index in [1.165, 1.54) is 0 Å². The number of para-hydroxylation sites is 1. The van der Waals surface area contributed by atoms with Crippen molar-refractivity contribution in [2.24, 2.45) is 0 Å². The number of hydrogen-bond acceptors (Lipinski definition) is 4. The Hall–Kier alpha value is -2.54. The summed E-state index contributed by atoms with van der Waals surface area (Å²) in [7, 11) is -1.83. The van der Waals surface area contributed by atoms with Crippen molar-refractivity contribution < 1.29 is 17.9 Å². The zero-order chi connectivity index (χ0) is 17.7. The number of benzene rings is 2. The van der Waals surface area contributed by atoms with Crippen molar-refractivity contribution in [1.29, 1.82) is 0 Å². The van der Waals surface area contributed by atoms with Crippen molar-refractivity contribution in [3.63, 3.8) is 0 Å². The lowest BCUT2D eigenvalue weighted by molar-refractivity contribution is 0.0950. The molecule has 0 aliphatic carbocycles. The Morgan fingerprint density at radius 1 is 1.12 bits per heavy atom. The van der Waals surface area contributed by atoms with Gasteiger partial charge in [0.05, 0.1) is 19.1 Å². The van der Waals surface area contributed by atoms with Crippen molar-refractivity contribution in [3.05, 3.63) is 59.2 Å². The van der Waals surface area contributed by atoms with Gasteiger partial charge in [-0.25, -0.2) is 8.42 Å². The van der Waals surface area contributed by atoms with Crippen LogP contribution in [0.4, 0.5) is 5.69 Å². The highest BCUT2D eigenvalue weighted by Crippen LogP contribution is 2.21. The van der Waals surface area contributed by atoms with Gasteiger partial charge < -0.3 is 10.1 Å². The summed E-state index contributed by atoms with van der Waals surface area (Å²) in [6.45, 7) is 2.01. The smallest absolute Gasteiger partial charge is 0.251 e. The standard InChI is InChI=1S/C17H20N2O4S/c1-12-14(8-6-9-15(12)19-24(3,21)22)17(20)18-11-13-7-4-5-10-16(13)23-2/h4-10,19H,11H2,1-3H3,(H,18,20). The van der Waals surface area contributed by atoms with Gasteiger partial charge >= 0.3 is 0 Å². The molecular formula is C17H20N2O4S. The minimum atomic E-state index is -3.40. The third-order valence-corrected chi connectivity index (χ3v) is 4.10. The highest BCUT2D eigenvalue weighted by molar-refractivity contribution is 7.92. The fourth-order valence-corrected chi connectivity index (χ4v) is 2.93. The van der Waals surface area contributed by atoms with E-state index >= 15 is 0 Å². The summed E-state index contributed by atoms with van der Waals surface area (Å²) in [6, 6.07) is 12.3. The zero-order valence-corrected chi connectivity index (χ0v) is 14.6. The lowest BCUT2D eigenvalue weighted by Crippen LogP contribution is -2.24. The SMILES string of the molecule is COc1ccccc1CNC(=O)c1cccc(NS(C)(=O)=O)c1C. The molecule has 2 N–H and O–H groups in total. The van der Waals surface area contributed by atoms with Crippen LogP contribution in [0.2, 0.25) is 0 Å². The zero-order valence-electron chi connectivity index (χ0n) is 13.8. The second-order valence-corrected chi connectivity index (χ2v) is 7.10. The number of amides is 1. The predicted molar refractivity (Wildman–Crippen MR) is 93.8 cm³/mol. The molecule has 2 rings (SSSR count). The van der Waals surface area contributed by atoms with Crippen LogP contribution in [0.3, 0.4) is 0 Å². The van der Waals surface area contributed by atoms with Gasteiger partial charge in [0.25, 0.3) is 5.91 Å². The Kier molecular flexibility index (Phi) is 5.46. The first-order chi connectivity index (χ1) is 11.3. The largest absolute Gasteiger partial charge is 0.496 e. The molecule has 0 saturated heterocycles. The molecule has 0 radical (unpaired) electrons. The molecule has 7 heteroatoms. The third kappa shape index (κ3) is 4.48. The second-order valence-electron chi connectivity index (χ2n) is 5.35. The van der Waals surface area contributed by atoms with E-state index in [-0.39, 0.29) is 5.91 Å². The van der Waals surface area contributed by atoms with Gasteiger partial charge in [-0.2, -0.15) is 0 Å². The molecule has 0 unspecified atom stereocenters. The van der Waals surface area contributed by atoms with E-state index in [9.17, 15) is 13.2 Å². The molecule has 0 heterocycles. The van der Waals surface area contributed by atoms with Gasteiger partial charge in [-0.3, -0.25) is 9.52 Å². The minimum Gasteiger partial charge on any atom is -0.496 e. The van der Waals surface area contributed by atoms with Gasteiger partial charge in [0, 0.05) is 17.7 Å². The molecular weight excluding hydrogens is 328 g/mol. The van der Waals surface area contributed by atoms with E-state index < -0.39 is 10.0 Å². The van der Waals surface area contributed by atoms with Gasteiger partial charge in [0.15, 0.2) is 0 Å². The molecule has 0 bridgehead atoms. The highest BCUT2D eigenvalue weighted by atomic mass is 32.2. The maximum absolute atomic E-state index is 12.4. The Morgan fingerprint density at radius 3 is 2.50 bits per heavy atom. The molecule has 0 aliphatic rings. The Morgan fingerprint density at radius 2 is 1.83 bits per heavy atom. The summed E-state index contributed by atoms with van der Waals surface area (Å²) in [5, 5.41) is 2.82. The van der Waals surface area contributed by atoms with E-state index in [2.05, 4.69) is 10.0 Å². The molecule has 2 aromatic rings. The molecule has 1 amide bonds. The molecule has 0 fully saturated rings. The molecule has 6 nitrogen and oxygen atoms in total. The molecule has 0 atom stereocenters. The normalized spacial score (nSPS) is 11.0. The number of rotatable bonds is 6. The van der Waals surface area contributed by atoms with Gasteiger partial charge in [0.2, 0.25) is 10.0 Å². The summed E-state index contributed by atoms with van der Waals surface area (Å²) < 4.78 is 30.4. The van der Waals surface area contributed by atoms with Crippen LogP contribution < -0.4 is 14.8 Å². The second kappa shape index (κ2) is 7.35. The molecule has 128 valence electrons. The van der Waals surface area contributed by atoms with E-state index in [0.29, 0.717) is 29.1 Å². The van der Waals surface area contributed by atoms with Gasteiger partial charge in [-0.05, 0) is 30.7 Å². The number of hydrogen-bond donors (Lipinski definition) is 2. The lowest BCUT2D eigenvalue weighted by atomic mass is 10.1. The number of ether oxygens (including phenoxy) is 1. The van der Waals surface area contributed by atoms with E-state index in [0.717, 1.165) is 11.8 Å². The minimum absolute atomic E-state index is 0.282. The average molecular weight is 348 g/mol. The van der Waals surface area contributed by atoms with Crippen molar-refractivity contribution >= 4 is 21.6 Å². The third-order valence-electron chi connectivity index (χ3n) is 3.51. The van der Waals surface area contributed by atoms with Gasteiger partial charge in [-0.15, -0.1) is 0 Å². The first kappa shape index (κ1) is 17.8. The van der Waals surface area contributed by atoms with Crippen LogP contribution in [-0.2, 0) is 16.6 Å². The van der Waals surface area contributed by atoms with Crippen LogP contribution in [0.1, 0.15) is 21.5 Å². The monoisotopic (exact) mass is 348 g/mol. The number of anilines is 1. The van der Waals surface area contributed by atoms with Crippen LogP contribution in [0.15, 0.2) is 42.5 Å². The van der Waals surface area contributed by atoms with Crippen LogP contribution in [0, 0.1) is 6.92 Å². The van der Waals surface area contributed by atoms with Crippen molar-refractivity contribution in [2.75, 3.05) is 18.1 Å². The van der Waals surface area contributed by atoms with Crippen LogP contribution >= 0.6 is 0 Å².